The van der Waals surface area contributed by atoms with E-state index in [0.717, 1.165) is 11.1 Å². The number of nitrogens with one attached hydrogen (secondary N) is 1. The van der Waals surface area contributed by atoms with E-state index in [0.29, 0.717) is 12.2 Å². The van der Waals surface area contributed by atoms with E-state index in [-0.39, 0.29) is 24.3 Å². The summed E-state index contributed by atoms with van der Waals surface area (Å²) in [6.07, 6.45) is 0.641. The minimum absolute atomic E-state index is 0.0872. The number of furan rings is 1. The first-order valence-corrected chi connectivity index (χ1v) is 8.73. The molecule has 1 unspecified atom stereocenters. The van der Waals surface area contributed by atoms with Gasteiger partial charge in [-0.05, 0) is 36.6 Å². The van der Waals surface area contributed by atoms with Gasteiger partial charge in [0.05, 0.1) is 6.04 Å². The Balaban J connectivity index is 1.62. The minimum atomic E-state index is -0.655. The molecule has 1 heterocycles. The Morgan fingerprint density at radius 3 is 2.26 bits per heavy atom. The highest BCUT2D eigenvalue weighted by Crippen LogP contribution is 2.18. The van der Waals surface area contributed by atoms with E-state index < -0.39 is 5.97 Å². The summed E-state index contributed by atoms with van der Waals surface area (Å²) in [4.78, 5) is 24.3. The largest absolute Gasteiger partial charge is 0.454 e. The average Bonchev–Trinajstić information content (AvgIpc) is 3.13. The maximum atomic E-state index is 12.3. The molecule has 0 spiro atoms. The number of rotatable bonds is 7. The van der Waals surface area contributed by atoms with Gasteiger partial charge in [0.15, 0.2) is 6.61 Å². The van der Waals surface area contributed by atoms with Crippen molar-refractivity contribution in [2.24, 2.45) is 0 Å². The SMILES string of the molecule is Cc1ccc(C(=O)OCC(=O)NC(Cc2ccccc2)c2ccccc2)o1. The molecule has 1 aromatic heterocycles. The van der Waals surface area contributed by atoms with E-state index in [1.165, 1.54) is 6.07 Å². The van der Waals surface area contributed by atoms with Gasteiger partial charge >= 0.3 is 5.97 Å². The molecule has 27 heavy (non-hydrogen) atoms. The van der Waals surface area contributed by atoms with Crippen molar-refractivity contribution in [3.05, 3.63) is 95.4 Å². The van der Waals surface area contributed by atoms with Crippen molar-refractivity contribution in [2.75, 3.05) is 6.61 Å². The lowest BCUT2D eigenvalue weighted by Crippen LogP contribution is -2.33. The van der Waals surface area contributed by atoms with Crippen molar-refractivity contribution in [3.63, 3.8) is 0 Å². The van der Waals surface area contributed by atoms with Crippen LogP contribution in [0.4, 0.5) is 0 Å². The molecule has 1 atom stereocenters. The Labute approximate surface area is 158 Å². The number of carbonyl (C=O) groups is 2. The summed E-state index contributed by atoms with van der Waals surface area (Å²) < 4.78 is 10.2. The lowest BCUT2D eigenvalue weighted by molar-refractivity contribution is -0.125. The third kappa shape index (κ3) is 5.31. The second-order valence-corrected chi connectivity index (χ2v) is 6.21. The number of hydrogen-bond donors (Lipinski definition) is 1. The highest BCUT2D eigenvalue weighted by molar-refractivity contribution is 5.88. The molecule has 2 aromatic carbocycles. The van der Waals surface area contributed by atoms with Gasteiger partial charge in [-0.25, -0.2) is 4.79 Å². The Kier molecular flexibility index (Phi) is 6.05. The van der Waals surface area contributed by atoms with Gasteiger partial charge in [0.2, 0.25) is 5.76 Å². The van der Waals surface area contributed by atoms with E-state index >= 15 is 0 Å². The molecule has 0 saturated carbocycles. The van der Waals surface area contributed by atoms with E-state index in [1.807, 2.05) is 60.7 Å². The molecule has 3 aromatic rings. The smallest absolute Gasteiger partial charge is 0.374 e. The monoisotopic (exact) mass is 363 g/mol. The second kappa shape index (κ2) is 8.85. The van der Waals surface area contributed by atoms with Gasteiger partial charge in [0.25, 0.3) is 5.91 Å². The summed E-state index contributed by atoms with van der Waals surface area (Å²) in [7, 11) is 0. The maximum absolute atomic E-state index is 12.3. The molecule has 0 aliphatic heterocycles. The fourth-order valence-corrected chi connectivity index (χ4v) is 2.77. The zero-order chi connectivity index (χ0) is 19.1. The van der Waals surface area contributed by atoms with Crippen molar-refractivity contribution in [2.45, 2.75) is 19.4 Å². The van der Waals surface area contributed by atoms with Crippen LogP contribution >= 0.6 is 0 Å². The van der Waals surface area contributed by atoms with Crippen LogP contribution in [0.25, 0.3) is 0 Å². The fourth-order valence-electron chi connectivity index (χ4n) is 2.77. The van der Waals surface area contributed by atoms with Crippen LogP contribution in [0.2, 0.25) is 0 Å². The third-order valence-corrected chi connectivity index (χ3v) is 4.10. The lowest BCUT2D eigenvalue weighted by Gasteiger charge is -2.19. The molecule has 5 heteroatoms. The first-order chi connectivity index (χ1) is 13.1. The molecule has 3 rings (SSSR count). The summed E-state index contributed by atoms with van der Waals surface area (Å²) in [6, 6.07) is 22.6. The normalized spacial score (nSPS) is 11.6. The molecule has 1 N–H and O–H groups in total. The fraction of sp³-hybridized carbons (Fsp3) is 0.182. The molecule has 1 amide bonds. The minimum Gasteiger partial charge on any atom is -0.454 e. The van der Waals surface area contributed by atoms with E-state index in [9.17, 15) is 9.59 Å². The van der Waals surface area contributed by atoms with Crippen molar-refractivity contribution in [3.8, 4) is 0 Å². The summed E-state index contributed by atoms with van der Waals surface area (Å²) in [5, 5.41) is 2.95. The Bertz CT molecular complexity index is 887. The molecule has 0 aliphatic carbocycles. The second-order valence-electron chi connectivity index (χ2n) is 6.21. The summed E-state index contributed by atoms with van der Waals surface area (Å²) in [5.74, 6) is -0.323. The van der Waals surface area contributed by atoms with Crippen LogP contribution in [0.3, 0.4) is 0 Å². The predicted octanol–water partition coefficient (Wildman–Crippen LogP) is 3.85. The lowest BCUT2D eigenvalue weighted by atomic mass is 9.99. The van der Waals surface area contributed by atoms with Crippen LogP contribution in [-0.2, 0) is 16.0 Å². The van der Waals surface area contributed by atoms with Crippen molar-refractivity contribution >= 4 is 11.9 Å². The Morgan fingerprint density at radius 1 is 0.963 bits per heavy atom. The van der Waals surface area contributed by atoms with Gasteiger partial charge in [-0.1, -0.05) is 60.7 Å². The molecular formula is C22H21NO4. The Hall–Kier alpha value is -3.34. The molecule has 0 bridgehead atoms. The molecule has 0 aliphatic rings. The topological polar surface area (TPSA) is 68.5 Å². The van der Waals surface area contributed by atoms with Crippen LogP contribution in [0, 0.1) is 6.92 Å². The van der Waals surface area contributed by atoms with Crippen molar-refractivity contribution in [1.82, 2.24) is 5.32 Å². The molecule has 0 fully saturated rings. The highest BCUT2D eigenvalue weighted by Gasteiger charge is 2.18. The van der Waals surface area contributed by atoms with Crippen LogP contribution in [-0.4, -0.2) is 18.5 Å². The molecule has 0 saturated heterocycles. The quantitative estimate of drug-likeness (QED) is 0.648. The molecule has 5 nitrogen and oxygen atoms in total. The van der Waals surface area contributed by atoms with E-state index in [4.69, 9.17) is 9.15 Å². The van der Waals surface area contributed by atoms with Crippen LogP contribution < -0.4 is 5.32 Å². The average molecular weight is 363 g/mol. The van der Waals surface area contributed by atoms with Gasteiger partial charge in [0.1, 0.15) is 5.76 Å². The maximum Gasteiger partial charge on any atom is 0.374 e. The number of amides is 1. The Morgan fingerprint density at radius 2 is 1.63 bits per heavy atom. The van der Waals surface area contributed by atoms with Gasteiger partial charge < -0.3 is 14.5 Å². The van der Waals surface area contributed by atoms with Gasteiger partial charge in [0, 0.05) is 0 Å². The summed E-state index contributed by atoms with van der Waals surface area (Å²) in [5.41, 5.74) is 2.09. The summed E-state index contributed by atoms with van der Waals surface area (Å²) in [6.45, 7) is 1.37. The summed E-state index contributed by atoms with van der Waals surface area (Å²) >= 11 is 0. The van der Waals surface area contributed by atoms with Crippen LogP contribution in [0.5, 0.6) is 0 Å². The highest BCUT2D eigenvalue weighted by atomic mass is 16.5. The number of carbonyl (C=O) groups excluding carboxylic acids is 2. The van der Waals surface area contributed by atoms with Crippen molar-refractivity contribution in [1.29, 1.82) is 0 Å². The number of aryl methyl sites for hydroxylation is 1. The first-order valence-electron chi connectivity index (χ1n) is 8.73. The van der Waals surface area contributed by atoms with Gasteiger partial charge in [-0.2, -0.15) is 0 Å². The van der Waals surface area contributed by atoms with E-state index in [2.05, 4.69) is 5.32 Å². The zero-order valence-electron chi connectivity index (χ0n) is 15.1. The van der Waals surface area contributed by atoms with E-state index in [1.54, 1.807) is 13.0 Å². The zero-order valence-corrected chi connectivity index (χ0v) is 15.1. The number of hydrogen-bond acceptors (Lipinski definition) is 4. The van der Waals surface area contributed by atoms with Gasteiger partial charge in [-0.15, -0.1) is 0 Å². The number of ether oxygens (including phenoxy) is 1. The molecule has 138 valence electrons. The number of benzene rings is 2. The van der Waals surface area contributed by atoms with Crippen LogP contribution in [0.1, 0.15) is 33.5 Å². The predicted molar refractivity (Wildman–Crippen MR) is 101 cm³/mol. The van der Waals surface area contributed by atoms with Crippen LogP contribution in [0.15, 0.2) is 77.2 Å². The first kappa shape index (κ1) is 18.5. The third-order valence-electron chi connectivity index (χ3n) is 4.10. The molecular weight excluding hydrogens is 342 g/mol. The molecule has 0 radical (unpaired) electrons. The van der Waals surface area contributed by atoms with Gasteiger partial charge in [-0.3, -0.25) is 4.79 Å². The number of esters is 1. The standard InChI is InChI=1S/C22H21NO4/c1-16-12-13-20(27-16)22(25)26-15-21(24)23-19(18-10-6-3-7-11-18)14-17-8-4-2-5-9-17/h2-13,19H,14-15H2,1H3,(H,23,24). The van der Waals surface area contributed by atoms with Crippen molar-refractivity contribution < 1.29 is 18.7 Å².